The van der Waals surface area contributed by atoms with Gasteiger partial charge in [0.05, 0.1) is 16.5 Å². The van der Waals surface area contributed by atoms with Crippen molar-refractivity contribution in [1.29, 1.82) is 0 Å². The van der Waals surface area contributed by atoms with E-state index in [9.17, 15) is 13.2 Å². The van der Waals surface area contributed by atoms with E-state index in [4.69, 9.17) is 11.6 Å². The molecule has 0 aromatic heterocycles. The van der Waals surface area contributed by atoms with Gasteiger partial charge in [-0.05, 0) is 12.1 Å². The van der Waals surface area contributed by atoms with Crippen molar-refractivity contribution in [1.82, 2.24) is 0 Å². The van der Waals surface area contributed by atoms with Crippen molar-refractivity contribution in [2.45, 2.75) is 11.8 Å². The van der Waals surface area contributed by atoms with Crippen molar-refractivity contribution >= 4 is 27.2 Å². The van der Waals surface area contributed by atoms with Crippen molar-refractivity contribution in [2.75, 3.05) is 11.6 Å². The Labute approximate surface area is 94.0 Å². The number of carbonyl (C=O) groups is 1. The van der Waals surface area contributed by atoms with Crippen LogP contribution in [0.4, 0.5) is 0 Å². The number of halogens is 1. The van der Waals surface area contributed by atoms with Crippen molar-refractivity contribution in [3.05, 3.63) is 29.8 Å². The first kappa shape index (κ1) is 12.2. The molecule has 0 spiro atoms. The first-order valence-corrected chi connectivity index (χ1v) is 6.62. The Hall–Kier alpha value is -0.870. The highest BCUT2D eigenvalue weighted by molar-refractivity contribution is 7.91. The first-order valence-electron chi connectivity index (χ1n) is 4.43. The summed E-state index contributed by atoms with van der Waals surface area (Å²) in [5.74, 6) is -0.257. The van der Waals surface area contributed by atoms with E-state index >= 15 is 0 Å². The summed E-state index contributed by atoms with van der Waals surface area (Å²) in [4.78, 5) is 11.4. The Kier molecular flexibility index (Phi) is 3.88. The largest absolute Gasteiger partial charge is 0.293 e. The van der Waals surface area contributed by atoms with E-state index in [-0.39, 0.29) is 22.3 Å². The molecule has 0 aliphatic heterocycles. The smallest absolute Gasteiger partial charge is 0.178 e. The predicted molar refractivity (Wildman–Crippen MR) is 59.2 cm³/mol. The van der Waals surface area contributed by atoms with Gasteiger partial charge in [-0.3, -0.25) is 4.79 Å². The van der Waals surface area contributed by atoms with E-state index in [2.05, 4.69) is 0 Å². The summed E-state index contributed by atoms with van der Waals surface area (Å²) in [6.07, 6.45) is 0. The van der Waals surface area contributed by atoms with Crippen LogP contribution in [0.5, 0.6) is 0 Å². The van der Waals surface area contributed by atoms with Crippen LogP contribution < -0.4 is 0 Å². The number of rotatable bonds is 4. The number of sulfone groups is 1. The standard InChI is InChI=1S/C10H11ClO3S/c1-2-15(13,14)9-5-3-8(4-6-9)10(12)7-11/h3-6H,2,7H2,1H3. The summed E-state index contributed by atoms with van der Waals surface area (Å²) in [5.41, 5.74) is 0.431. The number of hydrogen-bond donors (Lipinski definition) is 0. The second-order valence-corrected chi connectivity index (χ2v) is 5.53. The van der Waals surface area contributed by atoms with E-state index in [0.717, 1.165) is 0 Å². The van der Waals surface area contributed by atoms with Crippen LogP contribution in [0.15, 0.2) is 29.2 Å². The lowest BCUT2D eigenvalue weighted by Gasteiger charge is -2.02. The quantitative estimate of drug-likeness (QED) is 0.602. The third kappa shape index (κ3) is 2.79. The average molecular weight is 247 g/mol. The highest BCUT2D eigenvalue weighted by atomic mass is 35.5. The Bertz CT molecular complexity index is 448. The highest BCUT2D eigenvalue weighted by Gasteiger charge is 2.12. The maximum atomic E-state index is 11.4. The molecule has 0 unspecified atom stereocenters. The number of hydrogen-bond acceptors (Lipinski definition) is 3. The molecule has 0 saturated heterocycles. The zero-order chi connectivity index (χ0) is 11.5. The minimum absolute atomic E-state index is 0.0514. The van der Waals surface area contributed by atoms with E-state index < -0.39 is 9.84 Å². The fourth-order valence-corrected chi connectivity index (χ4v) is 2.13. The molecule has 0 fully saturated rings. The van der Waals surface area contributed by atoms with Crippen LogP contribution in [0.3, 0.4) is 0 Å². The lowest BCUT2D eigenvalue weighted by molar-refractivity contribution is 0.102. The zero-order valence-corrected chi connectivity index (χ0v) is 9.81. The van der Waals surface area contributed by atoms with E-state index in [0.29, 0.717) is 5.56 Å². The lowest BCUT2D eigenvalue weighted by atomic mass is 10.1. The fourth-order valence-electron chi connectivity index (χ4n) is 1.09. The molecular weight excluding hydrogens is 236 g/mol. The molecule has 0 heterocycles. The molecule has 0 aliphatic rings. The van der Waals surface area contributed by atoms with Crippen LogP contribution in [0.2, 0.25) is 0 Å². The molecule has 1 aromatic rings. The van der Waals surface area contributed by atoms with Gasteiger partial charge >= 0.3 is 0 Å². The summed E-state index contributed by atoms with van der Waals surface area (Å²) >= 11 is 5.38. The maximum Gasteiger partial charge on any atom is 0.178 e. The SMILES string of the molecule is CCS(=O)(=O)c1ccc(C(=O)CCl)cc1. The predicted octanol–water partition coefficient (Wildman–Crippen LogP) is 1.90. The van der Waals surface area contributed by atoms with Gasteiger partial charge in [-0.15, -0.1) is 11.6 Å². The van der Waals surface area contributed by atoms with Gasteiger partial charge in [0.15, 0.2) is 15.6 Å². The second kappa shape index (κ2) is 4.77. The van der Waals surface area contributed by atoms with Crippen molar-refractivity contribution in [3.63, 3.8) is 0 Å². The number of ketones is 1. The topological polar surface area (TPSA) is 51.2 Å². The van der Waals surface area contributed by atoms with Crippen LogP contribution in [-0.4, -0.2) is 25.8 Å². The molecule has 0 radical (unpaired) electrons. The molecule has 5 heteroatoms. The highest BCUT2D eigenvalue weighted by Crippen LogP contribution is 2.12. The minimum Gasteiger partial charge on any atom is -0.293 e. The van der Waals surface area contributed by atoms with Gasteiger partial charge in [0.1, 0.15) is 0 Å². The summed E-state index contributed by atoms with van der Waals surface area (Å²) in [7, 11) is -3.19. The molecular formula is C10H11ClO3S. The molecule has 0 saturated carbocycles. The lowest BCUT2D eigenvalue weighted by Crippen LogP contribution is -2.05. The average Bonchev–Trinajstić information content (AvgIpc) is 2.28. The van der Waals surface area contributed by atoms with Gasteiger partial charge in [0.2, 0.25) is 0 Å². The molecule has 1 aromatic carbocycles. The molecule has 0 bridgehead atoms. The maximum absolute atomic E-state index is 11.4. The van der Waals surface area contributed by atoms with Gasteiger partial charge in [-0.25, -0.2) is 8.42 Å². The Morgan fingerprint density at radius 2 is 1.80 bits per heavy atom. The van der Waals surface area contributed by atoms with Crippen LogP contribution in [-0.2, 0) is 9.84 Å². The molecule has 0 N–H and O–H groups in total. The Balaban J connectivity index is 3.06. The van der Waals surface area contributed by atoms with Crippen LogP contribution in [0, 0.1) is 0 Å². The van der Waals surface area contributed by atoms with Gasteiger partial charge in [0.25, 0.3) is 0 Å². The second-order valence-electron chi connectivity index (χ2n) is 2.98. The van der Waals surface area contributed by atoms with Gasteiger partial charge < -0.3 is 0 Å². The fraction of sp³-hybridized carbons (Fsp3) is 0.300. The molecule has 82 valence electrons. The summed E-state index contributed by atoms with van der Waals surface area (Å²) in [6.45, 7) is 1.58. The molecule has 0 amide bonds. The van der Waals surface area contributed by atoms with Crippen molar-refractivity contribution in [2.24, 2.45) is 0 Å². The van der Waals surface area contributed by atoms with Crippen molar-refractivity contribution in [3.8, 4) is 0 Å². The normalized spacial score (nSPS) is 11.3. The van der Waals surface area contributed by atoms with Crippen LogP contribution >= 0.6 is 11.6 Å². The molecule has 0 aliphatic carbocycles. The zero-order valence-electron chi connectivity index (χ0n) is 8.23. The van der Waals surface area contributed by atoms with Gasteiger partial charge in [-0.2, -0.15) is 0 Å². The number of alkyl halides is 1. The molecule has 3 nitrogen and oxygen atoms in total. The first-order chi connectivity index (χ1) is 7.01. The molecule has 1 rings (SSSR count). The van der Waals surface area contributed by atoms with E-state index in [1.807, 2.05) is 0 Å². The summed E-state index contributed by atoms with van der Waals surface area (Å²) < 4.78 is 22.9. The van der Waals surface area contributed by atoms with Gasteiger partial charge in [0, 0.05) is 5.56 Å². The monoisotopic (exact) mass is 246 g/mol. The number of carbonyl (C=O) groups excluding carboxylic acids is 1. The molecule has 15 heavy (non-hydrogen) atoms. The van der Waals surface area contributed by atoms with E-state index in [1.54, 1.807) is 6.92 Å². The summed E-state index contributed by atoms with van der Waals surface area (Å²) in [6, 6.07) is 5.82. The number of Topliss-reactive ketones (excluding diaryl/α,β-unsaturated/α-hetero) is 1. The van der Waals surface area contributed by atoms with Crippen LogP contribution in [0.1, 0.15) is 17.3 Å². The van der Waals surface area contributed by atoms with Gasteiger partial charge in [-0.1, -0.05) is 19.1 Å². The minimum atomic E-state index is -3.19. The third-order valence-corrected chi connectivity index (χ3v) is 4.03. The Morgan fingerprint density at radius 3 is 2.20 bits per heavy atom. The third-order valence-electron chi connectivity index (χ3n) is 2.04. The summed E-state index contributed by atoms with van der Waals surface area (Å²) in [5, 5.41) is 0. The number of benzene rings is 1. The van der Waals surface area contributed by atoms with Crippen molar-refractivity contribution < 1.29 is 13.2 Å². The van der Waals surface area contributed by atoms with Crippen LogP contribution in [0.25, 0.3) is 0 Å². The Morgan fingerprint density at radius 1 is 1.27 bits per heavy atom. The molecule has 0 atom stereocenters. The van der Waals surface area contributed by atoms with E-state index in [1.165, 1.54) is 24.3 Å².